The van der Waals surface area contributed by atoms with Crippen LogP contribution >= 0.6 is 0 Å². The van der Waals surface area contributed by atoms with Crippen molar-refractivity contribution in [3.8, 4) is 0 Å². The van der Waals surface area contributed by atoms with E-state index in [0.29, 0.717) is 18.9 Å². The Morgan fingerprint density at radius 1 is 1.24 bits per heavy atom. The number of anilines is 1. The summed E-state index contributed by atoms with van der Waals surface area (Å²) in [5.74, 6) is 0.862. The third-order valence-electron chi connectivity index (χ3n) is 4.53. The molecule has 0 aromatic heterocycles. The average Bonchev–Trinajstić information content (AvgIpc) is 2.47. The number of carbonyl (C=O) groups is 1. The second kappa shape index (κ2) is 7.48. The van der Waals surface area contributed by atoms with Crippen molar-refractivity contribution in [3.05, 3.63) is 29.8 Å². The number of nitrogens with zero attached hydrogens (tertiary/aromatic N) is 1. The van der Waals surface area contributed by atoms with Gasteiger partial charge in [-0.2, -0.15) is 0 Å². The summed E-state index contributed by atoms with van der Waals surface area (Å²) in [5, 5.41) is 0. The Kier molecular flexibility index (Phi) is 5.66. The SMILES string of the molecule is CC(C)N(Cc1ccccc1N)C(=O)CC1CCCCC1. The number of amides is 1. The molecule has 1 saturated carbocycles. The molecule has 1 aliphatic carbocycles. The monoisotopic (exact) mass is 288 g/mol. The molecular weight excluding hydrogens is 260 g/mol. The van der Waals surface area contributed by atoms with E-state index in [1.807, 2.05) is 29.2 Å². The van der Waals surface area contributed by atoms with E-state index in [2.05, 4.69) is 13.8 Å². The third-order valence-corrected chi connectivity index (χ3v) is 4.53. The molecule has 0 spiro atoms. The fraction of sp³-hybridized carbons (Fsp3) is 0.611. The van der Waals surface area contributed by atoms with Crippen LogP contribution in [0.4, 0.5) is 5.69 Å². The summed E-state index contributed by atoms with van der Waals surface area (Å²) in [6.45, 7) is 4.78. The molecule has 1 aromatic carbocycles. The number of carbonyl (C=O) groups excluding carboxylic acids is 1. The minimum atomic E-state index is 0.209. The predicted molar refractivity (Wildman–Crippen MR) is 87.7 cm³/mol. The number of benzene rings is 1. The van der Waals surface area contributed by atoms with Gasteiger partial charge >= 0.3 is 0 Å². The van der Waals surface area contributed by atoms with E-state index < -0.39 is 0 Å². The summed E-state index contributed by atoms with van der Waals surface area (Å²) in [4.78, 5) is 14.6. The topological polar surface area (TPSA) is 46.3 Å². The highest BCUT2D eigenvalue weighted by Crippen LogP contribution is 2.27. The van der Waals surface area contributed by atoms with Crippen molar-refractivity contribution < 1.29 is 4.79 Å². The number of rotatable bonds is 5. The highest BCUT2D eigenvalue weighted by molar-refractivity contribution is 5.77. The molecule has 1 aliphatic rings. The van der Waals surface area contributed by atoms with Crippen LogP contribution in [0.3, 0.4) is 0 Å². The maximum Gasteiger partial charge on any atom is 0.223 e. The average molecular weight is 288 g/mol. The molecule has 1 aromatic rings. The van der Waals surface area contributed by atoms with E-state index in [4.69, 9.17) is 5.73 Å². The van der Waals surface area contributed by atoms with Gasteiger partial charge in [-0.15, -0.1) is 0 Å². The zero-order chi connectivity index (χ0) is 15.2. The van der Waals surface area contributed by atoms with Gasteiger partial charge in [-0.25, -0.2) is 0 Å². The Labute approximate surface area is 128 Å². The van der Waals surface area contributed by atoms with Gasteiger partial charge in [-0.1, -0.05) is 37.5 Å². The van der Waals surface area contributed by atoms with E-state index in [-0.39, 0.29) is 11.9 Å². The molecule has 0 saturated heterocycles. The van der Waals surface area contributed by atoms with Gasteiger partial charge in [-0.3, -0.25) is 4.79 Å². The highest BCUT2D eigenvalue weighted by Gasteiger charge is 2.23. The van der Waals surface area contributed by atoms with Crippen LogP contribution in [0.25, 0.3) is 0 Å². The Hall–Kier alpha value is -1.51. The molecule has 0 heterocycles. The van der Waals surface area contributed by atoms with E-state index in [9.17, 15) is 4.79 Å². The van der Waals surface area contributed by atoms with E-state index in [1.165, 1.54) is 32.1 Å². The minimum Gasteiger partial charge on any atom is -0.398 e. The molecule has 0 bridgehead atoms. The first-order valence-electron chi connectivity index (χ1n) is 8.20. The van der Waals surface area contributed by atoms with Crippen LogP contribution in [-0.4, -0.2) is 16.8 Å². The molecule has 0 aliphatic heterocycles. The summed E-state index contributed by atoms with van der Waals surface area (Å²) < 4.78 is 0. The van der Waals surface area contributed by atoms with Crippen molar-refractivity contribution in [1.82, 2.24) is 4.90 Å². The Morgan fingerprint density at radius 2 is 1.90 bits per heavy atom. The largest absolute Gasteiger partial charge is 0.398 e. The van der Waals surface area contributed by atoms with E-state index >= 15 is 0 Å². The second-order valence-electron chi connectivity index (χ2n) is 6.52. The van der Waals surface area contributed by atoms with Crippen LogP contribution in [0.1, 0.15) is 57.9 Å². The Balaban J connectivity index is 2.00. The summed E-state index contributed by atoms with van der Waals surface area (Å²) in [5.41, 5.74) is 7.83. The molecule has 2 rings (SSSR count). The molecule has 2 N–H and O–H groups in total. The third kappa shape index (κ3) is 4.48. The summed E-state index contributed by atoms with van der Waals surface area (Å²) >= 11 is 0. The first-order chi connectivity index (χ1) is 10.1. The molecule has 21 heavy (non-hydrogen) atoms. The zero-order valence-corrected chi connectivity index (χ0v) is 13.3. The van der Waals surface area contributed by atoms with Gasteiger partial charge in [0, 0.05) is 24.7 Å². The van der Waals surface area contributed by atoms with E-state index in [1.54, 1.807) is 0 Å². The molecule has 1 fully saturated rings. The van der Waals surface area contributed by atoms with Crippen molar-refractivity contribution in [1.29, 1.82) is 0 Å². The van der Waals surface area contributed by atoms with Crippen molar-refractivity contribution in [2.75, 3.05) is 5.73 Å². The summed E-state index contributed by atoms with van der Waals surface area (Å²) in [6.07, 6.45) is 7.02. The van der Waals surface area contributed by atoms with Crippen molar-refractivity contribution in [2.45, 2.75) is 65.0 Å². The fourth-order valence-electron chi connectivity index (χ4n) is 3.18. The lowest BCUT2D eigenvalue weighted by Gasteiger charge is -2.30. The van der Waals surface area contributed by atoms with Crippen LogP contribution in [0.5, 0.6) is 0 Å². The normalized spacial score (nSPS) is 16.1. The molecule has 0 unspecified atom stereocenters. The molecule has 1 amide bonds. The van der Waals surface area contributed by atoms with Crippen LogP contribution in [-0.2, 0) is 11.3 Å². The summed E-state index contributed by atoms with van der Waals surface area (Å²) in [6, 6.07) is 8.04. The summed E-state index contributed by atoms with van der Waals surface area (Å²) in [7, 11) is 0. The van der Waals surface area contributed by atoms with Crippen LogP contribution < -0.4 is 5.73 Å². The number of nitrogen functional groups attached to an aromatic ring is 1. The number of hydrogen-bond donors (Lipinski definition) is 1. The van der Waals surface area contributed by atoms with Gasteiger partial charge in [0.05, 0.1) is 0 Å². The zero-order valence-electron chi connectivity index (χ0n) is 13.3. The molecule has 116 valence electrons. The van der Waals surface area contributed by atoms with Crippen LogP contribution in [0.15, 0.2) is 24.3 Å². The van der Waals surface area contributed by atoms with Crippen molar-refractivity contribution in [3.63, 3.8) is 0 Å². The van der Waals surface area contributed by atoms with Crippen LogP contribution in [0, 0.1) is 5.92 Å². The maximum absolute atomic E-state index is 12.7. The molecule has 3 nitrogen and oxygen atoms in total. The van der Waals surface area contributed by atoms with Gasteiger partial charge in [0.25, 0.3) is 0 Å². The number of nitrogens with two attached hydrogens (primary N) is 1. The quantitative estimate of drug-likeness (QED) is 0.833. The Bertz CT molecular complexity index is 464. The first kappa shape index (κ1) is 15.9. The van der Waals surface area contributed by atoms with Gasteiger partial charge < -0.3 is 10.6 Å². The van der Waals surface area contributed by atoms with Gasteiger partial charge in [-0.05, 0) is 44.2 Å². The standard InChI is InChI=1S/C18H28N2O/c1-14(2)20(13-16-10-6-7-11-17(16)19)18(21)12-15-8-4-3-5-9-15/h6-7,10-11,14-15H,3-5,8-9,12-13,19H2,1-2H3. The molecule has 0 atom stereocenters. The predicted octanol–water partition coefficient (Wildman–Crippen LogP) is 3.98. The van der Waals surface area contributed by atoms with Crippen molar-refractivity contribution in [2.24, 2.45) is 5.92 Å². The highest BCUT2D eigenvalue weighted by atomic mass is 16.2. The smallest absolute Gasteiger partial charge is 0.223 e. The molecular formula is C18H28N2O. The lowest BCUT2D eigenvalue weighted by molar-refractivity contribution is -0.134. The van der Waals surface area contributed by atoms with Gasteiger partial charge in [0.15, 0.2) is 0 Å². The molecule has 3 heteroatoms. The van der Waals surface area contributed by atoms with Gasteiger partial charge in [0.2, 0.25) is 5.91 Å². The fourth-order valence-corrected chi connectivity index (χ4v) is 3.18. The molecule has 0 radical (unpaired) electrons. The number of para-hydroxylation sites is 1. The number of hydrogen-bond acceptors (Lipinski definition) is 2. The first-order valence-corrected chi connectivity index (χ1v) is 8.20. The second-order valence-corrected chi connectivity index (χ2v) is 6.52. The van der Waals surface area contributed by atoms with Gasteiger partial charge in [0.1, 0.15) is 0 Å². The Morgan fingerprint density at radius 3 is 2.52 bits per heavy atom. The van der Waals surface area contributed by atoms with Crippen molar-refractivity contribution >= 4 is 11.6 Å². The lowest BCUT2D eigenvalue weighted by Crippen LogP contribution is -2.37. The lowest BCUT2D eigenvalue weighted by atomic mass is 9.86. The maximum atomic E-state index is 12.7. The van der Waals surface area contributed by atoms with E-state index in [0.717, 1.165) is 11.3 Å². The van der Waals surface area contributed by atoms with Crippen LogP contribution in [0.2, 0.25) is 0 Å². The minimum absolute atomic E-state index is 0.209.